The van der Waals surface area contributed by atoms with E-state index < -0.39 is 0 Å². The number of pyridine rings is 1. The van der Waals surface area contributed by atoms with Crippen molar-refractivity contribution in [2.45, 2.75) is 26.3 Å². The van der Waals surface area contributed by atoms with Crippen LogP contribution in [0.2, 0.25) is 0 Å². The summed E-state index contributed by atoms with van der Waals surface area (Å²) in [5, 5.41) is 0. The molecule has 21 heavy (non-hydrogen) atoms. The lowest BCUT2D eigenvalue weighted by molar-refractivity contribution is 0.413. The van der Waals surface area contributed by atoms with Crippen molar-refractivity contribution in [3.8, 4) is 11.4 Å². The molecule has 0 aliphatic heterocycles. The van der Waals surface area contributed by atoms with Gasteiger partial charge in [0.25, 0.3) is 0 Å². The monoisotopic (exact) mass is 344 g/mol. The van der Waals surface area contributed by atoms with E-state index in [2.05, 4.69) is 46.3 Å². The fraction of sp³-hybridized carbons (Fsp3) is 0.250. The first-order chi connectivity index (χ1) is 9.88. The van der Waals surface area contributed by atoms with Crippen molar-refractivity contribution in [3.63, 3.8) is 0 Å². The van der Waals surface area contributed by atoms with Gasteiger partial charge in [-0.05, 0) is 45.0 Å². The fourth-order valence-corrected chi connectivity index (χ4v) is 2.93. The highest BCUT2D eigenvalue weighted by Gasteiger charge is 2.23. The molecule has 3 rings (SSSR count). The van der Waals surface area contributed by atoms with E-state index in [0.29, 0.717) is 0 Å². The lowest BCUT2D eigenvalue weighted by atomic mass is 10.1. The number of aromatic nitrogens is 3. The minimum absolute atomic E-state index is 0.102. The van der Waals surface area contributed by atoms with Gasteiger partial charge >= 0.3 is 0 Å². The third-order valence-electron chi connectivity index (χ3n) is 3.36. The number of imidazole rings is 1. The summed E-state index contributed by atoms with van der Waals surface area (Å²) in [5.74, 6) is 0.893. The summed E-state index contributed by atoms with van der Waals surface area (Å²) in [6, 6.07) is 7.77. The minimum Gasteiger partial charge on any atom is -0.399 e. The highest BCUT2D eigenvalue weighted by Crippen LogP contribution is 2.35. The molecule has 0 spiro atoms. The first-order valence-electron chi connectivity index (χ1n) is 6.76. The van der Waals surface area contributed by atoms with E-state index in [1.807, 2.05) is 24.3 Å². The average Bonchev–Trinajstić information content (AvgIpc) is 2.80. The molecule has 2 heterocycles. The molecule has 0 aliphatic carbocycles. The van der Waals surface area contributed by atoms with Crippen molar-refractivity contribution in [2.24, 2.45) is 0 Å². The van der Waals surface area contributed by atoms with Crippen LogP contribution in [-0.2, 0) is 5.54 Å². The van der Waals surface area contributed by atoms with Gasteiger partial charge in [0.2, 0.25) is 0 Å². The molecule has 0 unspecified atom stereocenters. The summed E-state index contributed by atoms with van der Waals surface area (Å²) in [5.41, 5.74) is 9.51. The van der Waals surface area contributed by atoms with Crippen molar-refractivity contribution in [3.05, 3.63) is 41.1 Å². The third-order valence-corrected chi connectivity index (χ3v) is 4.05. The van der Waals surface area contributed by atoms with Crippen molar-refractivity contribution >= 4 is 32.7 Å². The second-order valence-electron chi connectivity index (χ2n) is 6.05. The number of benzene rings is 1. The predicted octanol–water partition coefficient (Wildman–Crippen LogP) is 4.20. The smallest absolute Gasteiger partial charge is 0.142 e. The van der Waals surface area contributed by atoms with E-state index in [-0.39, 0.29) is 5.54 Å². The number of rotatable bonds is 1. The van der Waals surface area contributed by atoms with Gasteiger partial charge in [0.1, 0.15) is 11.3 Å². The van der Waals surface area contributed by atoms with Crippen LogP contribution in [0.5, 0.6) is 0 Å². The van der Waals surface area contributed by atoms with Crippen LogP contribution in [0.25, 0.3) is 22.4 Å². The number of nitrogens with two attached hydrogens (primary N) is 1. The lowest BCUT2D eigenvalue weighted by Crippen LogP contribution is -2.22. The van der Waals surface area contributed by atoms with Crippen molar-refractivity contribution in [1.29, 1.82) is 0 Å². The summed E-state index contributed by atoms with van der Waals surface area (Å²) in [4.78, 5) is 8.94. The Balaban J connectivity index is 2.39. The van der Waals surface area contributed by atoms with Gasteiger partial charge in [-0.1, -0.05) is 15.9 Å². The van der Waals surface area contributed by atoms with Gasteiger partial charge in [-0.15, -0.1) is 0 Å². The van der Waals surface area contributed by atoms with Crippen molar-refractivity contribution in [1.82, 2.24) is 14.5 Å². The maximum Gasteiger partial charge on any atom is 0.142 e. The topological polar surface area (TPSA) is 56.7 Å². The van der Waals surface area contributed by atoms with E-state index in [9.17, 15) is 0 Å². The number of anilines is 1. The zero-order valence-electron chi connectivity index (χ0n) is 12.3. The Bertz CT molecular complexity index is 815. The Hall–Kier alpha value is -1.88. The largest absolute Gasteiger partial charge is 0.399 e. The summed E-state index contributed by atoms with van der Waals surface area (Å²) in [6.45, 7) is 6.49. The molecule has 4 nitrogen and oxygen atoms in total. The van der Waals surface area contributed by atoms with E-state index in [0.717, 1.165) is 32.6 Å². The molecule has 0 atom stereocenters. The molecule has 0 bridgehead atoms. The van der Waals surface area contributed by atoms with Crippen LogP contribution in [0.3, 0.4) is 0 Å². The van der Waals surface area contributed by atoms with Crippen LogP contribution >= 0.6 is 15.9 Å². The molecule has 0 saturated carbocycles. The van der Waals surface area contributed by atoms with Gasteiger partial charge in [-0.2, -0.15) is 0 Å². The first kappa shape index (κ1) is 14.1. The van der Waals surface area contributed by atoms with Gasteiger partial charge in [-0.25, -0.2) is 4.98 Å². The predicted molar refractivity (Wildman–Crippen MR) is 90.1 cm³/mol. The fourth-order valence-electron chi connectivity index (χ4n) is 2.51. The Morgan fingerprint density at radius 2 is 1.95 bits per heavy atom. The minimum atomic E-state index is -0.102. The van der Waals surface area contributed by atoms with Gasteiger partial charge in [-0.3, -0.25) is 4.98 Å². The molecular formula is C16H17BrN4. The van der Waals surface area contributed by atoms with Gasteiger partial charge < -0.3 is 10.3 Å². The number of hydrogen-bond donors (Lipinski definition) is 1. The van der Waals surface area contributed by atoms with Crippen LogP contribution in [-0.4, -0.2) is 14.5 Å². The van der Waals surface area contributed by atoms with Crippen LogP contribution in [0.15, 0.2) is 41.1 Å². The summed E-state index contributed by atoms with van der Waals surface area (Å²) in [6.07, 6.45) is 3.59. The molecule has 5 heteroatoms. The number of fused-ring (bicyclic) bond motifs is 1. The second kappa shape index (κ2) is 4.84. The van der Waals surface area contributed by atoms with Crippen LogP contribution < -0.4 is 5.73 Å². The maximum absolute atomic E-state index is 5.95. The Labute approximate surface area is 132 Å². The van der Waals surface area contributed by atoms with Gasteiger partial charge in [0, 0.05) is 27.5 Å². The highest BCUT2D eigenvalue weighted by molar-refractivity contribution is 9.10. The molecule has 0 radical (unpaired) electrons. The Morgan fingerprint density at radius 1 is 1.19 bits per heavy atom. The molecule has 0 saturated heterocycles. The van der Waals surface area contributed by atoms with Gasteiger partial charge in [0.05, 0.1) is 11.7 Å². The summed E-state index contributed by atoms with van der Waals surface area (Å²) < 4.78 is 3.20. The van der Waals surface area contributed by atoms with Crippen LogP contribution in [0, 0.1) is 0 Å². The number of hydrogen-bond acceptors (Lipinski definition) is 3. The molecule has 3 aromatic rings. The number of nitrogens with zero attached hydrogens (tertiary/aromatic N) is 3. The van der Waals surface area contributed by atoms with Gasteiger partial charge in [0.15, 0.2) is 0 Å². The maximum atomic E-state index is 5.95. The van der Waals surface area contributed by atoms with E-state index >= 15 is 0 Å². The van der Waals surface area contributed by atoms with E-state index in [1.54, 1.807) is 12.4 Å². The second-order valence-corrected chi connectivity index (χ2v) is 6.90. The van der Waals surface area contributed by atoms with Crippen LogP contribution in [0.1, 0.15) is 20.8 Å². The quantitative estimate of drug-likeness (QED) is 0.673. The molecule has 0 aliphatic rings. The van der Waals surface area contributed by atoms with Crippen molar-refractivity contribution < 1.29 is 0 Å². The Kier molecular flexibility index (Phi) is 3.24. The van der Waals surface area contributed by atoms with Crippen molar-refractivity contribution in [2.75, 3.05) is 5.73 Å². The van der Waals surface area contributed by atoms with E-state index in [1.165, 1.54) is 0 Å². The standard InChI is InChI=1S/C16H17BrN4/c1-16(2,3)21-14-6-7-19-9-13(14)20-15(21)11-8-10(18)4-5-12(11)17/h4-9H,18H2,1-3H3. The zero-order valence-corrected chi connectivity index (χ0v) is 13.8. The molecule has 2 aromatic heterocycles. The van der Waals surface area contributed by atoms with E-state index in [4.69, 9.17) is 10.7 Å². The average molecular weight is 345 g/mol. The third kappa shape index (κ3) is 2.42. The molecule has 0 amide bonds. The highest BCUT2D eigenvalue weighted by atomic mass is 79.9. The zero-order chi connectivity index (χ0) is 15.2. The SMILES string of the molecule is CC(C)(C)n1c(-c2cc(N)ccc2Br)nc2cnccc21. The molecular weight excluding hydrogens is 328 g/mol. The van der Waals surface area contributed by atoms with Crippen LogP contribution in [0.4, 0.5) is 5.69 Å². The molecule has 108 valence electrons. The lowest BCUT2D eigenvalue weighted by Gasteiger charge is -2.25. The molecule has 1 aromatic carbocycles. The molecule has 0 fully saturated rings. The number of nitrogen functional groups attached to an aromatic ring is 1. The Morgan fingerprint density at radius 3 is 2.67 bits per heavy atom. The number of halogens is 1. The first-order valence-corrected chi connectivity index (χ1v) is 7.55. The molecule has 2 N–H and O–H groups in total. The summed E-state index contributed by atoms with van der Waals surface area (Å²) in [7, 11) is 0. The summed E-state index contributed by atoms with van der Waals surface area (Å²) >= 11 is 3.60. The normalized spacial score (nSPS) is 12.0.